The monoisotopic (exact) mass is 685 g/mol. The van der Waals surface area contributed by atoms with E-state index >= 15 is 0 Å². The lowest BCUT2D eigenvalue weighted by Crippen LogP contribution is -2.50. The number of aromatic nitrogens is 4. The molecule has 48 heavy (non-hydrogen) atoms. The molecule has 1 saturated heterocycles. The highest BCUT2D eigenvalue weighted by molar-refractivity contribution is 7.89. The Bertz CT molecular complexity index is 1990. The summed E-state index contributed by atoms with van der Waals surface area (Å²) in [6.45, 7) is 7.56. The van der Waals surface area contributed by atoms with Gasteiger partial charge in [0.25, 0.3) is 6.43 Å². The molecule has 1 atom stereocenters. The number of fused-ring (bicyclic) bond motifs is 2. The van der Waals surface area contributed by atoms with Crippen molar-refractivity contribution in [3.8, 4) is 11.8 Å². The molecule has 15 heteroatoms. The number of aliphatic carboxylic acids is 1. The van der Waals surface area contributed by atoms with Gasteiger partial charge in [-0.25, -0.2) is 17.2 Å². The average Bonchev–Trinajstić information content (AvgIpc) is 3.46. The molecule has 5 heterocycles. The average molecular weight is 686 g/mol. The molecular formula is C33H37F2N5O7S. The number of nitrogens with zero attached hydrogens (tertiary/aromatic N) is 5. The lowest BCUT2D eigenvalue weighted by atomic mass is 9.70. The summed E-state index contributed by atoms with van der Waals surface area (Å²) < 4.78 is 75.6. The van der Waals surface area contributed by atoms with Crippen LogP contribution in [0.2, 0.25) is 0 Å². The van der Waals surface area contributed by atoms with E-state index in [2.05, 4.69) is 15.2 Å². The molecule has 2 aliphatic heterocycles. The Labute approximate surface area is 276 Å². The third kappa shape index (κ3) is 5.77. The second kappa shape index (κ2) is 12.3. The highest BCUT2D eigenvalue weighted by Gasteiger charge is 2.46. The molecule has 1 aromatic carbocycles. The van der Waals surface area contributed by atoms with E-state index in [1.54, 1.807) is 26.8 Å². The summed E-state index contributed by atoms with van der Waals surface area (Å²) in [5.74, 6) is -2.15. The fourth-order valence-corrected chi connectivity index (χ4v) is 8.18. The number of hydrogen-bond donors (Lipinski definition) is 1. The lowest BCUT2D eigenvalue weighted by Gasteiger charge is -2.38. The van der Waals surface area contributed by atoms with Gasteiger partial charge in [0, 0.05) is 37.6 Å². The zero-order valence-electron chi connectivity index (χ0n) is 27.2. The van der Waals surface area contributed by atoms with Gasteiger partial charge in [0.05, 0.1) is 32.3 Å². The van der Waals surface area contributed by atoms with Gasteiger partial charge < -0.3 is 19.3 Å². The van der Waals surface area contributed by atoms with Crippen molar-refractivity contribution in [3.05, 3.63) is 76.2 Å². The number of carbonyl (C=O) groups is 1. The van der Waals surface area contributed by atoms with Crippen LogP contribution in [-0.2, 0) is 26.1 Å². The van der Waals surface area contributed by atoms with Crippen molar-refractivity contribution < 1.29 is 41.3 Å². The first-order chi connectivity index (χ1) is 22.7. The Morgan fingerprint density at radius 3 is 2.52 bits per heavy atom. The van der Waals surface area contributed by atoms with E-state index in [1.807, 2.05) is 25.1 Å². The summed E-state index contributed by atoms with van der Waals surface area (Å²) >= 11 is 0. The third-order valence-corrected chi connectivity index (χ3v) is 11.3. The largest absolute Gasteiger partial charge is 0.481 e. The highest BCUT2D eigenvalue weighted by atomic mass is 32.2. The van der Waals surface area contributed by atoms with Crippen LogP contribution in [0.3, 0.4) is 0 Å². The van der Waals surface area contributed by atoms with Gasteiger partial charge in [-0.3, -0.25) is 9.20 Å². The summed E-state index contributed by atoms with van der Waals surface area (Å²) in [6.07, 6.45) is -0.523. The number of halogens is 2. The minimum atomic E-state index is -4.12. The minimum absolute atomic E-state index is 0.0261. The van der Waals surface area contributed by atoms with E-state index in [0.717, 1.165) is 5.56 Å². The van der Waals surface area contributed by atoms with Gasteiger partial charge in [-0.2, -0.15) is 9.29 Å². The fourth-order valence-electron chi connectivity index (χ4n) is 6.64. The molecule has 0 saturated carbocycles. The molecule has 256 valence electrons. The number of hydrogen-bond acceptors (Lipinski definition) is 9. The standard InChI is InChI=1S/C33H37F2N5O7S/c1-19-6-7-21(26(32(3,4)31(41)42)23-10-13-40-28(20(23)2)37-38-29(40)27(34)35)16-22(19)17-39-18-33(11-14-46-15-12-33)47-30-24(48(39,43)44)8-9-25(36-30)45-5/h6-10,13,16,26-27H,11-12,14-15,17-18H2,1-5H3,(H,41,42)/t26-/m1/s1. The molecular weight excluding hydrogens is 648 g/mol. The zero-order chi connectivity index (χ0) is 34.6. The summed E-state index contributed by atoms with van der Waals surface area (Å²) in [5.41, 5.74) is 1.08. The summed E-state index contributed by atoms with van der Waals surface area (Å²) in [7, 11) is -2.68. The maximum atomic E-state index is 14.3. The van der Waals surface area contributed by atoms with Gasteiger partial charge >= 0.3 is 5.97 Å². The molecule has 0 unspecified atom stereocenters. The molecule has 4 aromatic rings. The number of methoxy groups -OCH3 is 1. The van der Waals surface area contributed by atoms with Gasteiger partial charge in [0.15, 0.2) is 5.65 Å². The number of alkyl halides is 2. The van der Waals surface area contributed by atoms with Crippen LogP contribution in [0, 0.1) is 19.3 Å². The molecule has 1 spiro atoms. The molecule has 0 bridgehead atoms. The zero-order valence-corrected chi connectivity index (χ0v) is 28.1. The van der Waals surface area contributed by atoms with Gasteiger partial charge in [-0.15, -0.1) is 10.2 Å². The Hall–Kier alpha value is -4.21. The number of pyridine rings is 2. The number of benzene rings is 1. The Morgan fingerprint density at radius 1 is 1.12 bits per heavy atom. The maximum Gasteiger partial charge on any atom is 0.310 e. The van der Waals surface area contributed by atoms with Crippen LogP contribution < -0.4 is 9.47 Å². The van der Waals surface area contributed by atoms with Crippen molar-refractivity contribution >= 4 is 21.6 Å². The van der Waals surface area contributed by atoms with Crippen molar-refractivity contribution in [1.82, 2.24) is 23.9 Å². The van der Waals surface area contributed by atoms with Gasteiger partial charge in [0.1, 0.15) is 10.5 Å². The quantitative estimate of drug-likeness (QED) is 0.267. The third-order valence-electron chi connectivity index (χ3n) is 9.53. The lowest BCUT2D eigenvalue weighted by molar-refractivity contribution is -0.147. The van der Waals surface area contributed by atoms with Crippen molar-refractivity contribution in [2.75, 3.05) is 26.9 Å². The van der Waals surface area contributed by atoms with Crippen LogP contribution >= 0.6 is 0 Å². The van der Waals surface area contributed by atoms with Gasteiger partial charge in [0.2, 0.25) is 27.6 Å². The van der Waals surface area contributed by atoms with Crippen molar-refractivity contribution in [1.29, 1.82) is 0 Å². The number of rotatable bonds is 8. The first kappa shape index (κ1) is 33.7. The predicted molar refractivity (Wildman–Crippen MR) is 169 cm³/mol. The maximum absolute atomic E-state index is 14.3. The predicted octanol–water partition coefficient (Wildman–Crippen LogP) is 5.06. The van der Waals surface area contributed by atoms with E-state index in [0.29, 0.717) is 48.3 Å². The normalized spacial score (nSPS) is 18.3. The number of ether oxygens (including phenoxy) is 3. The molecule has 0 amide bonds. The van der Waals surface area contributed by atoms with E-state index in [9.17, 15) is 27.1 Å². The van der Waals surface area contributed by atoms with E-state index in [4.69, 9.17) is 14.2 Å². The molecule has 0 radical (unpaired) electrons. The molecule has 1 fully saturated rings. The Balaban J connectivity index is 1.46. The Kier molecular flexibility index (Phi) is 8.67. The summed E-state index contributed by atoms with van der Waals surface area (Å²) in [5, 5.41) is 18.1. The van der Waals surface area contributed by atoms with Crippen LogP contribution in [-0.4, -0.2) is 75.9 Å². The second-order valence-corrected chi connectivity index (χ2v) is 14.8. The fraction of sp³-hybridized carbons (Fsp3) is 0.455. The van der Waals surface area contributed by atoms with E-state index in [-0.39, 0.29) is 35.4 Å². The number of carboxylic acids is 1. The Morgan fingerprint density at radius 2 is 1.85 bits per heavy atom. The van der Waals surface area contributed by atoms with Crippen LogP contribution in [0.4, 0.5) is 8.78 Å². The second-order valence-electron chi connectivity index (χ2n) is 12.9. The number of aryl methyl sites for hydroxylation is 2. The van der Waals surface area contributed by atoms with Crippen LogP contribution in [0.25, 0.3) is 5.65 Å². The van der Waals surface area contributed by atoms with Gasteiger partial charge in [-0.1, -0.05) is 18.2 Å². The number of carboxylic acid groups (broad SMARTS) is 1. The topological polar surface area (TPSA) is 145 Å². The van der Waals surface area contributed by atoms with Crippen molar-refractivity contribution in [2.24, 2.45) is 5.41 Å². The molecule has 3 aromatic heterocycles. The molecule has 1 N–H and O–H groups in total. The SMILES string of the molecule is COc1ccc2c(n1)OC1(CCOCC1)CN(Cc1cc([C@H](c3ccn4c(C(F)F)nnc4c3C)C(C)(C)C(=O)O)ccc1C)S2(=O)=O. The van der Waals surface area contributed by atoms with Gasteiger partial charge in [-0.05, 0) is 67.6 Å². The number of sulfonamides is 1. The first-order valence-electron chi connectivity index (χ1n) is 15.5. The minimum Gasteiger partial charge on any atom is -0.481 e. The van der Waals surface area contributed by atoms with Crippen LogP contribution in [0.5, 0.6) is 11.8 Å². The summed E-state index contributed by atoms with van der Waals surface area (Å²) in [6, 6.07) is 10.0. The molecule has 2 aliphatic rings. The van der Waals surface area contributed by atoms with Crippen molar-refractivity contribution in [3.63, 3.8) is 0 Å². The summed E-state index contributed by atoms with van der Waals surface area (Å²) in [4.78, 5) is 17.0. The van der Waals surface area contributed by atoms with E-state index < -0.39 is 45.2 Å². The molecule has 12 nitrogen and oxygen atoms in total. The highest BCUT2D eigenvalue weighted by Crippen LogP contribution is 2.44. The smallest absolute Gasteiger partial charge is 0.310 e. The van der Waals surface area contributed by atoms with E-state index in [1.165, 1.54) is 34.1 Å². The van der Waals surface area contributed by atoms with Crippen molar-refractivity contribution in [2.45, 2.75) is 69.9 Å². The molecule has 6 rings (SSSR count). The van der Waals surface area contributed by atoms with Crippen LogP contribution in [0.15, 0.2) is 47.5 Å². The first-order valence-corrected chi connectivity index (χ1v) is 16.9. The van der Waals surface area contributed by atoms with Crippen LogP contribution in [0.1, 0.15) is 72.7 Å². The molecule has 0 aliphatic carbocycles.